The van der Waals surface area contributed by atoms with Gasteiger partial charge in [0.2, 0.25) is 0 Å². The lowest BCUT2D eigenvalue weighted by Gasteiger charge is -2.21. The van der Waals surface area contributed by atoms with E-state index in [4.69, 9.17) is 0 Å². The number of nitrogens with one attached hydrogen (secondary N) is 1. The van der Waals surface area contributed by atoms with Gasteiger partial charge in [0.25, 0.3) is 5.56 Å². The van der Waals surface area contributed by atoms with Crippen molar-refractivity contribution < 1.29 is 4.79 Å². The van der Waals surface area contributed by atoms with Gasteiger partial charge in [-0.05, 0) is 12.3 Å². The third kappa shape index (κ3) is 3.85. The first kappa shape index (κ1) is 15.9. The molecule has 0 aromatic carbocycles. The molecule has 0 spiro atoms. The Hall–Kier alpha value is -2.02. The molecule has 122 valence electrons. The molecule has 7 heteroatoms. The van der Waals surface area contributed by atoms with Crippen molar-refractivity contribution in [3.05, 3.63) is 49.7 Å². The van der Waals surface area contributed by atoms with Gasteiger partial charge in [0.05, 0.1) is 17.5 Å². The van der Waals surface area contributed by atoms with Gasteiger partial charge in [-0.1, -0.05) is 25.7 Å². The maximum Gasteiger partial charge on any atom is 0.328 e. The fraction of sp³-hybridized carbons (Fsp3) is 0.500. The Morgan fingerprint density at radius 2 is 2.17 bits per heavy atom. The third-order valence-corrected chi connectivity index (χ3v) is 5.18. The lowest BCUT2D eigenvalue weighted by molar-refractivity contribution is -0.122. The molecule has 0 amide bonds. The second-order valence-corrected chi connectivity index (χ2v) is 6.97. The largest absolute Gasteiger partial charge is 0.328 e. The minimum atomic E-state index is -0.536. The SMILES string of the molecule is O=C(Cc1nccs1)C(CC1CCCC1)n1ccc(=O)[nH]c1=O. The number of thiazole rings is 1. The van der Waals surface area contributed by atoms with Crippen molar-refractivity contribution in [3.8, 4) is 0 Å². The molecular formula is C16H19N3O3S. The fourth-order valence-electron chi connectivity index (χ4n) is 3.24. The van der Waals surface area contributed by atoms with Crippen molar-refractivity contribution in [2.45, 2.75) is 44.6 Å². The summed E-state index contributed by atoms with van der Waals surface area (Å²) in [5.41, 5.74) is -0.966. The molecule has 0 radical (unpaired) electrons. The molecule has 23 heavy (non-hydrogen) atoms. The van der Waals surface area contributed by atoms with Crippen LogP contribution in [0.1, 0.15) is 43.2 Å². The first-order valence-corrected chi connectivity index (χ1v) is 8.74. The number of carbonyl (C=O) groups excluding carboxylic acids is 1. The van der Waals surface area contributed by atoms with Crippen LogP contribution in [0.25, 0.3) is 0 Å². The Morgan fingerprint density at radius 1 is 1.39 bits per heavy atom. The Balaban J connectivity index is 1.87. The molecule has 2 heterocycles. The molecule has 0 aliphatic heterocycles. The number of aromatic amines is 1. The lowest BCUT2D eigenvalue weighted by Crippen LogP contribution is -2.36. The molecule has 2 aromatic rings. The molecule has 1 unspecified atom stereocenters. The molecule has 1 aliphatic carbocycles. The quantitative estimate of drug-likeness (QED) is 0.875. The van der Waals surface area contributed by atoms with E-state index in [2.05, 4.69) is 9.97 Å². The molecule has 2 aromatic heterocycles. The van der Waals surface area contributed by atoms with Crippen molar-refractivity contribution in [2.24, 2.45) is 5.92 Å². The molecule has 0 saturated heterocycles. The standard InChI is InChI=1S/C16H19N3O3S/c20-13(10-15-17-6-8-23-15)12(9-11-3-1-2-4-11)19-7-5-14(21)18-16(19)22/h5-8,11-12H,1-4,9-10H2,(H,18,21,22). The van der Waals surface area contributed by atoms with Crippen molar-refractivity contribution >= 4 is 17.1 Å². The van der Waals surface area contributed by atoms with Crippen molar-refractivity contribution in [3.63, 3.8) is 0 Å². The summed E-state index contributed by atoms with van der Waals surface area (Å²) >= 11 is 1.44. The summed E-state index contributed by atoms with van der Waals surface area (Å²) in [5, 5.41) is 2.59. The van der Waals surface area contributed by atoms with E-state index in [9.17, 15) is 14.4 Å². The molecule has 1 saturated carbocycles. The van der Waals surface area contributed by atoms with Gasteiger partial charge in [-0.3, -0.25) is 19.1 Å². The fourth-order valence-corrected chi connectivity index (χ4v) is 3.87. The molecular weight excluding hydrogens is 314 g/mol. The van der Waals surface area contributed by atoms with Gasteiger partial charge < -0.3 is 0 Å². The highest BCUT2D eigenvalue weighted by atomic mass is 32.1. The minimum absolute atomic E-state index is 0.0269. The Kier molecular flexibility index (Phi) is 4.85. The number of hydrogen-bond donors (Lipinski definition) is 1. The number of rotatable bonds is 6. The van der Waals surface area contributed by atoms with Crippen LogP contribution in [0.4, 0.5) is 0 Å². The number of H-pyrrole nitrogens is 1. The lowest BCUT2D eigenvalue weighted by atomic mass is 9.94. The molecule has 6 nitrogen and oxygen atoms in total. The van der Waals surface area contributed by atoms with Crippen molar-refractivity contribution in [2.75, 3.05) is 0 Å². The second-order valence-electron chi connectivity index (χ2n) is 5.99. The number of ketones is 1. The molecule has 3 rings (SSSR count). The van der Waals surface area contributed by atoms with Gasteiger partial charge in [0.1, 0.15) is 0 Å². The van der Waals surface area contributed by atoms with E-state index in [0.29, 0.717) is 12.3 Å². The molecule has 1 N–H and O–H groups in total. The summed E-state index contributed by atoms with van der Waals surface area (Å²) in [7, 11) is 0. The molecule has 1 atom stereocenters. The summed E-state index contributed by atoms with van der Waals surface area (Å²) in [6, 6.07) is 0.756. The first-order chi connectivity index (χ1) is 11.1. The average molecular weight is 333 g/mol. The molecule has 1 aliphatic rings. The highest BCUT2D eigenvalue weighted by molar-refractivity contribution is 7.09. The average Bonchev–Trinajstić information content (AvgIpc) is 3.18. The summed E-state index contributed by atoms with van der Waals surface area (Å²) < 4.78 is 1.37. The van der Waals surface area contributed by atoms with E-state index in [1.807, 2.05) is 5.38 Å². The summed E-state index contributed by atoms with van der Waals surface area (Å²) in [5.74, 6) is 0.431. The maximum absolute atomic E-state index is 12.8. The predicted molar refractivity (Wildman–Crippen MR) is 87.8 cm³/mol. The van der Waals surface area contributed by atoms with Crippen LogP contribution < -0.4 is 11.2 Å². The topological polar surface area (TPSA) is 84.8 Å². The van der Waals surface area contributed by atoms with Gasteiger partial charge >= 0.3 is 5.69 Å². The Labute approximate surface area is 137 Å². The number of carbonyl (C=O) groups is 1. The van der Waals surface area contributed by atoms with Crippen LogP contribution in [0.2, 0.25) is 0 Å². The molecule has 0 bridgehead atoms. The summed E-state index contributed by atoms with van der Waals surface area (Å²) in [6.45, 7) is 0. The van der Waals surface area contributed by atoms with E-state index >= 15 is 0 Å². The van der Waals surface area contributed by atoms with E-state index < -0.39 is 17.3 Å². The zero-order valence-corrected chi connectivity index (χ0v) is 13.6. The third-order valence-electron chi connectivity index (χ3n) is 4.40. The van der Waals surface area contributed by atoms with Gasteiger partial charge in [-0.25, -0.2) is 9.78 Å². The highest BCUT2D eigenvalue weighted by Gasteiger charge is 2.27. The monoisotopic (exact) mass is 333 g/mol. The minimum Gasteiger partial charge on any atom is -0.297 e. The van der Waals surface area contributed by atoms with E-state index in [1.165, 1.54) is 41.0 Å². The zero-order valence-electron chi connectivity index (χ0n) is 12.7. The van der Waals surface area contributed by atoms with Crippen molar-refractivity contribution in [1.82, 2.24) is 14.5 Å². The van der Waals surface area contributed by atoms with Gasteiger partial charge in [0, 0.05) is 23.8 Å². The van der Waals surface area contributed by atoms with Crippen LogP contribution in [-0.4, -0.2) is 20.3 Å². The van der Waals surface area contributed by atoms with E-state index in [1.54, 1.807) is 6.20 Å². The smallest absolute Gasteiger partial charge is 0.297 e. The van der Waals surface area contributed by atoms with Crippen molar-refractivity contribution in [1.29, 1.82) is 0 Å². The van der Waals surface area contributed by atoms with Gasteiger partial charge in [-0.2, -0.15) is 0 Å². The van der Waals surface area contributed by atoms with E-state index in [-0.39, 0.29) is 12.2 Å². The number of hydrogen-bond acceptors (Lipinski definition) is 5. The highest BCUT2D eigenvalue weighted by Crippen LogP contribution is 2.32. The van der Waals surface area contributed by atoms with Gasteiger partial charge in [-0.15, -0.1) is 11.3 Å². The Morgan fingerprint density at radius 3 is 2.83 bits per heavy atom. The summed E-state index contributed by atoms with van der Waals surface area (Å²) in [6.07, 6.45) is 8.53. The molecule has 1 fully saturated rings. The van der Waals surface area contributed by atoms with E-state index in [0.717, 1.165) is 17.8 Å². The Bertz CT molecular complexity index is 772. The van der Waals surface area contributed by atoms with Crippen LogP contribution in [0, 0.1) is 5.92 Å². The van der Waals surface area contributed by atoms with Crippen LogP contribution in [0.3, 0.4) is 0 Å². The van der Waals surface area contributed by atoms with Crippen LogP contribution in [-0.2, 0) is 11.2 Å². The second kappa shape index (κ2) is 7.04. The maximum atomic E-state index is 12.8. The number of Topliss-reactive ketones (excluding diaryl/α,β-unsaturated/α-hetero) is 1. The zero-order chi connectivity index (χ0) is 16.2. The first-order valence-electron chi connectivity index (χ1n) is 7.86. The summed E-state index contributed by atoms with van der Waals surface area (Å²) in [4.78, 5) is 42.5. The number of nitrogens with zero attached hydrogens (tertiary/aromatic N) is 2. The van der Waals surface area contributed by atoms with Crippen LogP contribution in [0.15, 0.2) is 33.4 Å². The normalized spacial score (nSPS) is 16.5. The predicted octanol–water partition coefficient (Wildman–Crippen LogP) is 1.93. The van der Waals surface area contributed by atoms with Gasteiger partial charge in [0.15, 0.2) is 5.78 Å². The number of aromatic nitrogens is 3. The van der Waals surface area contributed by atoms with Crippen LogP contribution in [0.5, 0.6) is 0 Å². The van der Waals surface area contributed by atoms with Crippen LogP contribution >= 0.6 is 11.3 Å².